The quantitative estimate of drug-likeness (QED) is 0.891. The standard InChI is InChI=1S/C20H22O3/c1-12(2)15-6-9-17-13(3)11-20(23,18(17)10-15)16-7-4-14(5-8-16)19(21)22/h4-10,12-13,23H,11H2,1-3H3,(H,21,22)/t13-,20-/m0/s1. The summed E-state index contributed by atoms with van der Waals surface area (Å²) in [6.07, 6.45) is 0.621. The molecule has 0 amide bonds. The number of aliphatic hydroxyl groups is 1. The Bertz CT molecular complexity index is 746. The van der Waals surface area contributed by atoms with Crippen LogP contribution in [0.5, 0.6) is 0 Å². The van der Waals surface area contributed by atoms with E-state index in [1.807, 2.05) is 0 Å². The van der Waals surface area contributed by atoms with E-state index in [-0.39, 0.29) is 11.5 Å². The normalized spacial score (nSPS) is 23.1. The zero-order valence-corrected chi connectivity index (χ0v) is 13.7. The minimum Gasteiger partial charge on any atom is -0.478 e. The molecule has 2 aromatic rings. The van der Waals surface area contributed by atoms with E-state index in [1.54, 1.807) is 24.3 Å². The number of rotatable bonds is 3. The molecule has 0 aromatic heterocycles. The molecule has 120 valence electrons. The highest BCUT2D eigenvalue weighted by Crippen LogP contribution is 2.48. The van der Waals surface area contributed by atoms with E-state index in [0.717, 1.165) is 11.1 Å². The van der Waals surface area contributed by atoms with E-state index in [0.29, 0.717) is 12.3 Å². The fraction of sp³-hybridized carbons (Fsp3) is 0.350. The molecular weight excluding hydrogens is 288 g/mol. The number of benzene rings is 2. The lowest BCUT2D eigenvalue weighted by atomic mass is 9.85. The van der Waals surface area contributed by atoms with Gasteiger partial charge in [0.15, 0.2) is 0 Å². The van der Waals surface area contributed by atoms with Gasteiger partial charge >= 0.3 is 5.97 Å². The molecule has 1 aliphatic rings. The second-order valence-corrected chi connectivity index (χ2v) is 6.85. The summed E-state index contributed by atoms with van der Waals surface area (Å²) in [5.41, 5.74) is 3.29. The number of aromatic carboxylic acids is 1. The first kappa shape index (κ1) is 15.8. The summed E-state index contributed by atoms with van der Waals surface area (Å²) in [6.45, 7) is 6.40. The molecule has 0 bridgehead atoms. The third-order valence-corrected chi connectivity index (χ3v) is 4.93. The maximum atomic E-state index is 11.4. The third kappa shape index (κ3) is 2.55. The summed E-state index contributed by atoms with van der Waals surface area (Å²) < 4.78 is 0. The minimum atomic E-state index is -1.04. The van der Waals surface area contributed by atoms with Crippen molar-refractivity contribution in [3.8, 4) is 0 Å². The van der Waals surface area contributed by atoms with E-state index in [9.17, 15) is 9.90 Å². The molecule has 0 saturated heterocycles. The van der Waals surface area contributed by atoms with Gasteiger partial charge in [-0.25, -0.2) is 4.79 Å². The highest BCUT2D eigenvalue weighted by atomic mass is 16.4. The van der Waals surface area contributed by atoms with Crippen molar-refractivity contribution in [3.05, 3.63) is 70.3 Å². The lowest BCUT2D eigenvalue weighted by molar-refractivity contribution is 0.0692. The SMILES string of the molecule is CC(C)c1ccc2c(c1)[C@@](O)(c1ccc(C(=O)O)cc1)C[C@@H]2C. The van der Waals surface area contributed by atoms with Crippen molar-refractivity contribution in [2.45, 2.75) is 44.6 Å². The Morgan fingerprint density at radius 2 is 1.83 bits per heavy atom. The maximum Gasteiger partial charge on any atom is 0.335 e. The molecule has 0 radical (unpaired) electrons. The van der Waals surface area contributed by atoms with Gasteiger partial charge < -0.3 is 10.2 Å². The molecule has 0 saturated carbocycles. The molecule has 0 spiro atoms. The van der Waals surface area contributed by atoms with Crippen LogP contribution >= 0.6 is 0 Å². The fourth-order valence-corrected chi connectivity index (χ4v) is 3.55. The van der Waals surface area contributed by atoms with Gasteiger partial charge in [-0.2, -0.15) is 0 Å². The van der Waals surface area contributed by atoms with Crippen LogP contribution in [0.25, 0.3) is 0 Å². The molecule has 0 heterocycles. The highest BCUT2D eigenvalue weighted by molar-refractivity contribution is 5.87. The van der Waals surface area contributed by atoms with Crippen LogP contribution in [-0.4, -0.2) is 16.2 Å². The van der Waals surface area contributed by atoms with E-state index < -0.39 is 11.6 Å². The van der Waals surface area contributed by atoms with Crippen molar-refractivity contribution in [2.24, 2.45) is 0 Å². The van der Waals surface area contributed by atoms with Crippen molar-refractivity contribution in [3.63, 3.8) is 0 Å². The summed E-state index contributed by atoms with van der Waals surface area (Å²) in [5.74, 6) is -0.281. The van der Waals surface area contributed by atoms with Gasteiger partial charge in [-0.1, -0.05) is 51.1 Å². The van der Waals surface area contributed by atoms with Crippen LogP contribution in [0, 0.1) is 0 Å². The molecule has 3 heteroatoms. The van der Waals surface area contributed by atoms with Crippen molar-refractivity contribution in [1.29, 1.82) is 0 Å². The van der Waals surface area contributed by atoms with Crippen LogP contribution in [0.1, 0.15) is 71.6 Å². The van der Waals surface area contributed by atoms with Crippen molar-refractivity contribution in [1.82, 2.24) is 0 Å². The van der Waals surface area contributed by atoms with Gasteiger partial charge in [-0.05, 0) is 52.6 Å². The summed E-state index contributed by atoms with van der Waals surface area (Å²) >= 11 is 0. The van der Waals surface area contributed by atoms with E-state index in [4.69, 9.17) is 5.11 Å². The lowest BCUT2D eigenvalue weighted by Crippen LogP contribution is -2.24. The average Bonchev–Trinajstić information content (AvgIpc) is 2.79. The van der Waals surface area contributed by atoms with Crippen LogP contribution in [0.15, 0.2) is 42.5 Å². The van der Waals surface area contributed by atoms with Crippen LogP contribution in [0.2, 0.25) is 0 Å². The molecule has 23 heavy (non-hydrogen) atoms. The molecule has 0 fully saturated rings. The van der Waals surface area contributed by atoms with E-state index >= 15 is 0 Å². The predicted molar refractivity (Wildman–Crippen MR) is 90.0 cm³/mol. The molecule has 0 unspecified atom stereocenters. The molecule has 0 aliphatic heterocycles. The summed E-state index contributed by atoms with van der Waals surface area (Å²) in [5, 5.41) is 20.4. The first-order chi connectivity index (χ1) is 10.8. The van der Waals surface area contributed by atoms with Crippen LogP contribution < -0.4 is 0 Å². The first-order valence-electron chi connectivity index (χ1n) is 8.03. The highest BCUT2D eigenvalue weighted by Gasteiger charge is 2.42. The third-order valence-electron chi connectivity index (χ3n) is 4.93. The Balaban J connectivity index is 2.10. The number of carbonyl (C=O) groups is 1. The smallest absolute Gasteiger partial charge is 0.335 e. The molecule has 3 rings (SSSR count). The second kappa shape index (κ2) is 5.50. The monoisotopic (exact) mass is 310 g/mol. The summed E-state index contributed by atoms with van der Waals surface area (Å²) in [7, 11) is 0. The molecule has 2 atom stereocenters. The molecular formula is C20H22O3. The maximum absolute atomic E-state index is 11.4. The Kier molecular flexibility index (Phi) is 3.77. The van der Waals surface area contributed by atoms with Crippen molar-refractivity contribution in [2.75, 3.05) is 0 Å². The van der Waals surface area contributed by atoms with Crippen molar-refractivity contribution < 1.29 is 15.0 Å². The number of hydrogen-bond donors (Lipinski definition) is 2. The number of carboxylic acid groups (broad SMARTS) is 1. The zero-order valence-electron chi connectivity index (χ0n) is 13.7. The Hall–Kier alpha value is -2.13. The molecule has 1 aliphatic carbocycles. The Morgan fingerprint density at radius 1 is 1.17 bits per heavy atom. The molecule has 2 N–H and O–H groups in total. The van der Waals surface area contributed by atoms with Gasteiger partial charge in [0.05, 0.1) is 5.56 Å². The predicted octanol–water partition coefficient (Wildman–Crippen LogP) is 4.25. The van der Waals surface area contributed by atoms with Gasteiger partial charge in [0.2, 0.25) is 0 Å². The summed E-state index contributed by atoms with van der Waals surface area (Å²) in [4.78, 5) is 11.0. The topological polar surface area (TPSA) is 57.5 Å². The molecule has 2 aromatic carbocycles. The van der Waals surface area contributed by atoms with E-state index in [2.05, 4.69) is 39.0 Å². The Morgan fingerprint density at radius 3 is 2.39 bits per heavy atom. The molecule has 3 nitrogen and oxygen atoms in total. The largest absolute Gasteiger partial charge is 0.478 e. The summed E-state index contributed by atoms with van der Waals surface area (Å²) in [6, 6.07) is 12.9. The van der Waals surface area contributed by atoms with Gasteiger partial charge in [-0.15, -0.1) is 0 Å². The fourth-order valence-electron chi connectivity index (χ4n) is 3.55. The second-order valence-electron chi connectivity index (χ2n) is 6.85. The first-order valence-corrected chi connectivity index (χ1v) is 8.03. The zero-order chi connectivity index (χ0) is 16.8. The number of hydrogen-bond acceptors (Lipinski definition) is 2. The van der Waals surface area contributed by atoms with Gasteiger partial charge in [0.1, 0.15) is 5.60 Å². The minimum absolute atomic E-state index is 0.236. The van der Waals surface area contributed by atoms with Crippen LogP contribution in [0.3, 0.4) is 0 Å². The lowest BCUT2D eigenvalue weighted by Gasteiger charge is -2.26. The number of carboxylic acids is 1. The van der Waals surface area contributed by atoms with Gasteiger partial charge in [0, 0.05) is 0 Å². The number of fused-ring (bicyclic) bond motifs is 1. The Labute approximate surface area is 136 Å². The van der Waals surface area contributed by atoms with E-state index in [1.165, 1.54) is 11.1 Å². The average molecular weight is 310 g/mol. The van der Waals surface area contributed by atoms with Crippen LogP contribution in [0.4, 0.5) is 0 Å². The van der Waals surface area contributed by atoms with Gasteiger partial charge in [0.25, 0.3) is 0 Å². The van der Waals surface area contributed by atoms with Crippen molar-refractivity contribution >= 4 is 5.97 Å². The van der Waals surface area contributed by atoms with Gasteiger partial charge in [-0.3, -0.25) is 0 Å². The van der Waals surface area contributed by atoms with Crippen LogP contribution in [-0.2, 0) is 5.60 Å².